The van der Waals surface area contributed by atoms with Crippen LogP contribution < -0.4 is 0 Å². The molecule has 0 saturated carbocycles. The first-order valence-corrected chi connectivity index (χ1v) is 9.79. The lowest BCUT2D eigenvalue weighted by Crippen LogP contribution is -2.67. The van der Waals surface area contributed by atoms with Crippen LogP contribution >= 0.6 is 0 Å². The van der Waals surface area contributed by atoms with Crippen LogP contribution in [-0.4, -0.2) is 47.7 Å². The van der Waals surface area contributed by atoms with Crippen molar-refractivity contribution in [3.63, 3.8) is 0 Å². The van der Waals surface area contributed by atoms with Crippen LogP contribution in [0.3, 0.4) is 0 Å². The molecule has 0 bridgehead atoms. The molecule has 2 fully saturated rings. The fourth-order valence-corrected chi connectivity index (χ4v) is 4.39. The summed E-state index contributed by atoms with van der Waals surface area (Å²) in [5.74, 6) is 1.11. The average molecular weight is 356 g/mol. The first-order valence-electron chi connectivity index (χ1n) is 9.79. The van der Waals surface area contributed by atoms with Crippen molar-refractivity contribution in [2.24, 2.45) is 11.8 Å². The average Bonchev–Trinajstić information content (AvgIpc) is 3.18. The molecule has 5 heteroatoms. The number of aromatic nitrogens is 1. The summed E-state index contributed by atoms with van der Waals surface area (Å²) in [7, 11) is 0. The third-order valence-electron chi connectivity index (χ3n) is 5.87. The lowest BCUT2D eigenvalue weighted by atomic mass is 9.79. The molecule has 1 aromatic rings. The highest BCUT2D eigenvalue weighted by Gasteiger charge is 2.49. The summed E-state index contributed by atoms with van der Waals surface area (Å²) in [4.78, 5) is 18.8. The molecule has 1 atom stereocenters. The van der Waals surface area contributed by atoms with Gasteiger partial charge >= 0.3 is 0 Å². The van der Waals surface area contributed by atoms with Crippen molar-refractivity contribution in [2.75, 3.05) is 26.3 Å². The van der Waals surface area contributed by atoms with Gasteiger partial charge in [0.15, 0.2) is 0 Å². The van der Waals surface area contributed by atoms with Crippen LogP contribution in [0.5, 0.6) is 0 Å². The Kier molecular flexibility index (Phi) is 5.36. The molecule has 0 N–H and O–H groups in total. The van der Waals surface area contributed by atoms with E-state index in [-0.39, 0.29) is 11.5 Å². The first-order chi connectivity index (χ1) is 12.7. The number of carbonyl (C=O) groups is 1. The maximum absolute atomic E-state index is 12.5. The number of likely N-dealkylation sites (tertiary alicyclic amines) is 1. The third-order valence-corrected chi connectivity index (χ3v) is 5.87. The van der Waals surface area contributed by atoms with Crippen LogP contribution in [0, 0.1) is 11.8 Å². The molecule has 0 radical (unpaired) electrons. The molecule has 1 aliphatic carbocycles. The monoisotopic (exact) mass is 356 g/mol. The van der Waals surface area contributed by atoms with Gasteiger partial charge in [0, 0.05) is 25.3 Å². The summed E-state index contributed by atoms with van der Waals surface area (Å²) in [5, 5.41) is 0. The van der Waals surface area contributed by atoms with Gasteiger partial charge in [-0.15, -0.1) is 0 Å². The van der Waals surface area contributed by atoms with E-state index < -0.39 is 0 Å². The second-order valence-electron chi connectivity index (χ2n) is 7.89. The number of pyridine rings is 1. The maximum atomic E-state index is 12.5. The topological polar surface area (TPSA) is 51.7 Å². The zero-order chi connectivity index (χ0) is 17.8. The molecular weight excluding hydrogens is 328 g/mol. The Morgan fingerprint density at radius 2 is 2.15 bits per heavy atom. The van der Waals surface area contributed by atoms with E-state index in [1.54, 1.807) is 6.20 Å². The molecular formula is C21H28N2O3. The first kappa shape index (κ1) is 17.7. The molecule has 3 heterocycles. The van der Waals surface area contributed by atoms with E-state index in [1.807, 2.05) is 23.1 Å². The van der Waals surface area contributed by atoms with Gasteiger partial charge in [-0.2, -0.15) is 0 Å². The maximum Gasteiger partial charge on any atom is 0.226 e. The highest BCUT2D eigenvalue weighted by Crippen LogP contribution is 2.39. The van der Waals surface area contributed by atoms with Crippen LogP contribution in [0.2, 0.25) is 0 Å². The van der Waals surface area contributed by atoms with Crippen molar-refractivity contribution in [1.29, 1.82) is 0 Å². The Bertz CT molecular complexity index is 632. The van der Waals surface area contributed by atoms with Gasteiger partial charge < -0.3 is 14.4 Å². The minimum absolute atomic E-state index is 0.0917. The molecule has 2 saturated heterocycles. The van der Waals surface area contributed by atoms with E-state index in [1.165, 1.54) is 0 Å². The Labute approximate surface area is 155 Å². The normalized spacial score (nSPS) is 24.8. The molecule has 3 aliphatic rings. The summed E-state index contributed by atoms with van der Waals surface area (Å²) in [6.07, 6.45) is 11.0. The van der Waals surface area contributed by atoms with Gasteiger partial charge in [0.1, 0.15) is 5.60 Å². The summed E-state index contributed by atoms with van der Waals surface area (Å²) in [6.45, 7) is 3.68. The van der Waals surface area contributed by atoms with Gasteiger partial charge in [-0.1, -0.05) is 18.2 Å². The number of ether oxygens (including phenoxy) is 2. The van der Waals surface area contributed by atoms with Crippen molar-refractivity contribution >= 4 is 5.91 Å². The zero-order valence-corrected chi connectivity index (χ0v) is 15.3. The van der Waals surface area contributed by atoms with E-state index in [0.29, 0.717) is 18.4 Å². The molecule has 140 valence electrons. The summed E-state index contributed by atoms with van der Waals surface area (Å²) in [5.41, 5.74) is 0.886. The second kappa shape index (κ2) is 7.89. The third kappa shape index (κ3) is 3.99. The van der Waals surface area contributed by atoms with Crippen molar-refractivity contribution in [3.8, 4) is 0 Å². The van der Waals surface area contributed by atoms with Gasteiger partial charge in [-0.25, -0.2) is 0 Å². The smallest absolute Gasteiger partial charge is 0.226 e. The number of amides is 1. The van der Waals surface area contributed by atoms with Gasteiger partial charge in [0.05, 0.1) is 25.4 Å². The minimum atomic E-state index is -0.0917. The van der Waals surface area contributed by atoms with E-state index in [0.717, 1.165) is 64.1 Å². The van der Waals surface area contributed by atoms with E-state index >= 15 is 0 Å². The van der Waals surface area contributed by atoms with Gasteiger partial charge in [-0.3, -0.25) is 9.78 Å². The van der Waals surface area contributed by atoms with E-state index in [9.17, 15) is 4.79 Å². The van der Waals surface area contributed by atoms with E-state index in [4.69, 9.17) is 9.47 Å². The number of allylic oxidation sites excluding steroid dienone is 2. The second-order valence-corrected chi connectivity index (χ2v) is 7.89. The lowest BCUT2D eigenvalue weighted by Gasteiger charge is -2.53. The fourth-order valence-electron chi connectivity index (χ4n) is 4.39. The quantitative estimate of drug-likeness (QED) is 0.581. The Balaban J connectivity index is 1.18. The van der Waals surface area contributed by atoms with Gasteiger partial charge in [0.2, 0.25) is 5.91 Å². The summed E-state index contributed by atoms with van der Waals surface area (Å²) >= 11 is 0. The highest BCUT2D eigenvalue weighted by atomic mass is 16.5. The van der Waals surface area contributed by atoms with Crippen molar-refractivity contribution in [3.05, 3.63) is 42.2 Å². The van der Waals surface area contributed by atoms with Crippen LogP contribution in [-0.2, 0) is 20.9 Å². The number of hydrogen-bond donors (Lipinski definition) is 0. The highest BCUT2D eigenvalue weighted by molar-refractivity contribution is 5.80. The predicted octanol–water partition coefficient (Wildman–Crippen LogP) is 2.96. The molecule has 4 rings (SSSR count). The molecule has 1 spiro atoms. The van der Waals surface area contributed by atoms with Crippen LogP contribution in [0.15, 0.2) is 36.5 Å². The van der Waals surface area contributed by atoms with Crippen molar-refractivity contribution in [2.45, 2.75) is 44.3 Å². The molecule has 1 amide bonds. The Morgan fingerprint density at radius 1 is 1.31 bits per heavy atom. The number of carbonyl (C=O) groups excluding carboxylic acids is 1. The van der Waals surface area contributed by atoms with Gasteiger partial charge in [0.25, 0.3) is 0 Å². The Morgan fingerprint density at radius 3 is 2.92 bits per heavy atom. The Hall–Kier alpha value is -1.72. The number of rotatable bonds is 6. The standard InChI is InChI=1S/C21H28N2O3/c24-20(18-5-1-2-6-18)23-15-21(16-23)13-17(9-12-26-21)8-11-25-14-19-7-3-4-10-22-19/h1-4,7,10,17-18H,5-6,8-9,11-16H2/t17-/m0/s1. The summed E-state index contributed by atoms with van der Waals surface area (Å²) in [6, 6.07) is 5.89. The zero-order valence-electron chi connectivity index (χ0n) is 15.3. The van der Waals surface area contributed by atoms with Crippen LogP contribution in [0.25, 0.3) is 0 Å². The van der Waals surface area contributed by atoms with Crippen molar-refractivity contribution in [1.82, 2.24) is 9.88 Å². The molecule has 1 aromatic heterocycles. The summed E-state index contributed by atoms with van der Waals surface area (Å²) < 4.78 is 11.9. The lowest BCUT2D eigenvalue weighted by molar-refractivity contribution is -0.191. The molecule has 2 aliphatic heterocycles. The minimum Gasteiger partial charge on any atom is -0.375 e. The predicted molar refractivity (Wildman–Crippen MR) is 98.4 cm³/mol. The van der Waals surface area contributed by atoms with E-state index in [2.05, 4.69) is 17.1 Å². The molecule has 5 nitrogen and oxygen atoms in total. The van der Waals surface area contributed by atoms with Gasteiger partial charge in [-0.05, 0) is 50.2 Å². The van der Waals surface area contributed by atoms with Crippen LogP contribution in [0.1, 0.15) is 37.8 Å². The molecule has 26 heavy (non-hydrogen) atoms. The largest absolute Gasteiger partial charge is 0.375 e. The van der Waals surface area contributed by atoms with Crippen molar-refractivity contribution < 1.29 is 14.3 Å². The fraction of sp³-hybridized carbons (Fsp3) is 0.619. The van der Waals surface area contributed by atoms with Crippen LogP contribution in [0.4, 0.5) is 0 Å². The SMILES string of the molecule is O=C(C1CC=CC1)N1CC2(C[C@@H](CCOCc3ccccn3)CCO2)C1. The molecule has 0 aromatic carbocycles. The number of nitrogens with zero attached hydrogens (tertiary/aromatic N) is 2. The molecule has 0 unspecified atom stereocenters. The number of hydrogen-bond acceptors (Lipinski definition) is 4.